The average Bonchev–Trinajstić information content (AvgIpc) is 3.36. The Morgan fingerprint density at radius 3 is 2.51 bits per heavy atom. The minimum absolute atomic E-state index is 0.164. The van der Waals surface area contributed by atoms with Gasteiger partial charge in [0.1, 0.15) is 5.75 Å². The van der Waals surface area contributed by atoms with E-state index in [1.165, 1.54) is 17.4 Å². The van der Waals surface area contributed by atoms with Crippen molar-refractivity contribution in [2.45, 2.75) is 6.54 Å². The molecule has 0 bridgehead atoms. The van der Waals surface area contributed by atoms with Crippen molar-refractivity contribution in [3.63, 3.8) is 0 Å². The van der Waals surface area contributed by atoms with Crippen LogP contribution in [0.4, 0.5) is 10.1 Å². The highest BCUT2D eigenvalue weighted by Crippen LogP contribution is 2.39. The number of ether oxygens (including phenoxy) is 4. The fourth-order valence-electron chi connectivity index (χ4n) is 3.50. The largest absolute Gasteiger partial charge is 0.453 e. The molecule has 0 unspecified atom stereocenters. The molecule has 37 heavy (non-hydrogen) atoms. The molecule has 4 aromatic rings. The molecule has 4 rings (SSSR count). The van der Waals surface area contributed by atoms with Crippen molar-refractivity contribution in [1.82, 2.24) is 15.3 Å². The number of nitrogens with one attached hydrogen (secondary N) is 2. The van der Waals surface area contributed by atoms with Crippen LogP contribution in [0, 0.1) is 5.82 Å². The maximum Gasteiger partial charge on any atom is 0.167 e. The van der Waals surface area contributed by atoms with Gasteiger partial charge in [-0.1, -0.05) is 6.07 Å². The van der Waals surface area contributed by atoms with Gasteiger partial charge in [-0.2, -0.15) is 0 Å². The second kappa shape index (κ2) is 14.0. The van der Waals surface area contributed by atoms with Gasteiger partial charge >= 0.3 is 0 Å². The Kier molecular flexibility index (Phi) is 10.2. The zero-order chi connectivity index (χ0) is 25.9. The number of thiophene rings is 1. The summed E-state index contributed by atoms with van der Waals surface area (Å²) in [4.78, 5) is 10.0. The van der Waals surface area contributed by atoms with E-state index in [4.69, 9.17) is 18.9 Å². The second-order valence-electron chi connectivity index (χ2n) is 8.08. The molecule has 3 heterocycles. The van der Waals surface area contributed by atoms with Crippen molar-refractivity contribution in [2.75, 3.05) is 59.1 Å². The predicted molar refractivity (Wildman–Crippen MR) is 144 cm³/mol. The highest BCUT2D eigenvalue weighted by molar-refractivity contribution is 7.22. The maximum absolute atomic E-state index is 14.4. The van der Waals surface area contributed by atoms with Gasteiger partial charge in [0.05, 0.1) is 53.8 Å². The van der Waals surface area contributed by atoms with Gasteiger partial charge in [0.15, 0.2) is 11.6 Å². The molecule has 1 aromatic carbocycles. The van der Waals surface area contributed by atoms with Crippen LogP contribution >= 0.6 is 11.3 Å². The third-order valence-electron chi connectivity index (χ3n) is 5.45. The average molecular weight is 527 g/mol. The lowest BCUT2D eigenvalue weighted by Gasteiger charge is -2.09. The second-order valence-corrected chi connectivity index (χ2v) is 9.13. The normalized spacial score (nSPS) is 11.2. The predicted octanol–water partition coefficient (Wildman–Crippen LogP) is 5.10. The number of fused-ring (bicyclic) bond motifs is 1. The van der Waals surface area contributed by atoms with Crippen LogP contribution in [0.25, 0.3) is 20.8 Å². The van der Waals surface area contributed by atoms with E-state index < -0.39 is 5.82 Å². The first-order valence-corrected chi connectivity index (χ1v) is 12.8. The van der Waals surface area contributed by atoms with Crippen molar-refractivity contribution in [3.05, 3.63) is 66.2 Å². The Morgan fingerprint density at radius 1 is 0.919 bits per heavy atom. The molecule has 8 nitrogen and oxygen atoms in total. The van der Waals surface area contributed by atoms with Gasteiger partial charge in [0.2, 0.25) is 0 Å². The molecule has 0 saturated carbocycles. The summed E-state index contributed by atoms with van der Waals surface area (Å²) < 4.78 is 37.0. The Labute approximate surface area is 219 Å². The summed E-state index contributed by atoms with van der Waals surface area (Å²) in [6.45, 7) is 4.36. The van der Waals surface area contributed by atoms with Crippen LogP contribution < -0.4 is 15.4 Å². The number of hydrogen-bond acceptors (Lipinski definition) is 9. The lowest BCUT2D eigenvalue weighted by molar-refractivity contribution is 0.0255. The minimum Gasteiger partial charge on any atom is -0.453 e. The van der Waals surface area contributed by atoms with Crippen LogP contribution in [0.1, 0.15) is 5.56 Å². The highest BCUT2D eigenvalue weighted by atomic mass is 32.1. The summed E-state index contributed by atoms with van der Waals surface area (Å²) in [6, 6.07) is 12.5. The van der Waals surface area contributed by atoms with Gasteiger partial charge in [-0.15, -0.1) is 11.3 Å². The fourth-order valence-corrected chi connectivity index (χ4v) is 4.54. The lowest BCUT2D eigenvalue weighted by Crippen LogP contribution is -2.20. The van der Waals surface area contributed by atoms with Crippen molar-refractivity contribution in [1.29, 1.82) is 0 Å². The molecule has 0 aliphatic rings. The summed E-state index contributed by atoms with van der Waals surface area (Å²) in [5.74, 6) is 0.289. The molecule has 0 fully saturated rings. The number of rotatable bonds is 15. The lowest BCUT2D eigenvalue weighted by atomic mass is 10.2. The number of hydrogen-bond donors (Lipinski definition) is 2. The van der Waals surface area contributed by atoms with E-state index in [9.17, 15) is 4.39 Å². The van der Waals surface area contributed by atoms with Crippen LogP contribution in [0.5, 0.6) is 11.5 Å². The van der Waals surface area contributed by atoms with Gasteiger partial charge in [0.25, 0.3) is 0 Å². The summed E-state index contributed by atoms with van der Waals surface area (Å²) in [5.41, 5.74) is 3.39. The summed E-state index contributed by atoms with van der Waals surface area (Å²) in [7, 11) is 3.39. The van der Waals surface area contributed by atoms with Crippen LogP contribution in [0.3, 0.4) is 0 Å². The van der Waals surface area contributed by atoms with Crippen LogP contribution in [-0.4, -0.2) is 63.7 Å². The maximum atomic E-state index is 14.4. The fraction of sp³-hybridized carbons (Fsp3) is 0.333. The van der Waals surface area contributed by atoms with Gasteiger partial charge in [-0.3, -0.25) is 9.97 Å². The van der Waals surface area contributed by atoms with Crippen molar-refractivity contribution in [2.24, 2.45) is 0 Å². The Balaban J connectivity index is 1.30. The molecule has 0 aliphatic heterocycles. The molecule has 10 heteroatoms. The first kappa shape index (κ1) is 26.9. The molecular weight excluding hydrogens is 495 g/mol. The molecule has 0 spiro atoms. The number of anilines is 1. The molecule has 196 valence electrons. The number of benzene rings is 1. The monoisotopic (exact) mass is 526 g/mol. The van der Waals surface area contributed by atoms with E-state index in [1.54, 1.807) is 38.6 Å². The van der Waals surface area contributed by atoms with Crippen molar-refractivity contribution < 1.29 is 23.3 Å². The third-order valence-corrected chi connectivity index (χ3v) is 6.61. The van der Waals surface area contributed by atoms with E-state index in [-0.39, 0.29) is 5.75 Å². The SMILES string of the molecule is CNc1ccc(Oc2ccnc3cc(-c4ccc(CNCCOCCOCCOC)cn4)sc23)c(F)c1. The van der Waals surface area contributed by atoms with Crippen molar-refractivity contribution in [3.8, 4) is 22.1 Å². The smallest absolute Gasteiger partial charge is 0.167 e. The third kappa shape index (κ3) is 7.67. The number of nitrogens with zero attached hydrogens (tertiary/aromatic N) is 2. The van der Waals surface area contributed by atoms with E-state index in [0.717, 1.165) is 32.9 Å². The Bertz CT molecular complexity index is 1270. The molecule has 2 N–H and O–H groups in total. The molecular formula is C27H31FN4O4S. The van der Waals surface area contributed by atoms with E-state index in [0.29, 0.717) is 51.0 Å². The minimum atomic E-state index is -0.432. The number of aromatic nitrogens is 2. The van der Waals surface area contributed by atoms with Gasteiger partial charge in [-0.25, -0.2) is 4.39 Å². The Morgan fingerprint density at radius 2 is 1.76 bits per heavy atom. The molecule has 0 aliphatic carbocycles. The van der Waals surface area contributed by atoms with E-state index in [2.05, 4.69) is 20.6 Å². The quantitative estimate of drug-likeness (QED) is 0.207. The number of pyridine rings is 2. The summed E-state index contributed by atoms with van der Waals surface area (Å²) in [6.07, 6.45) is 3.52. The summed E-state index contributed by atoms with van der Waals surface area (Å²) in [5, 5.41) is 6.27. The van der Waals surface area contributed by atoms with Crippen LogP contribution in [0.15, 0.2) is 54.9 Å². The number of halogens is 1. The van der Waals surface area contributed by atoms with Gasteiger partial charge < -0.3 is 29.6 Å². The first-order chi connectivity index (χ1) is 18.2. The topological polar surface area (TPSA) is 86.8 Å². The van der Waals surface area contributed by atoms with E-state index in [1.807, 2.05) is 24.4 Å². The molecule has 0 saturated heterocycles. The highest BCUT2D eigenvalue weighted by Gasteiger charge is 2.13. The number of methoxy groups -OCH3 is 1. The van der Waals surface area contributed by atoms with E-state index >= 15 is 0 Å². The zero-order valence-corrected chi connectivity index (χ0v) is 21.8. The Hall–Kier alpha value is -3.15. The molecule has 0 atom stereocenters. The zero-order valence-electron chi connectivity index (χ0n) is 21.0. The first-order valence-electron chi connectivity index (χ1n) is 12.0. The molecule has 0 amide bonds. The standard InChI is InChI=1S/C27H31FN4O4S/c1-29-20-4-6-24(21(28)15-20)36-25-7-8-31-23-16-26(37-27(23)25)22-5-3-19(18-32-22)17-30-9-10-34-13-14-35-12-11-33-2/h3-8,15-16,18,29-30H,9-14,17H2,1-2H3. The molecule has 3 aromatic heterocycles. The van der Waals surface area contributed by atoms with Crippen LogP contribution in [-0.2, 0) is 20.8 Å². The van der Waals surface area contributed by atoms with Crippen molar-refractivity contribution >= 4 is 27.2 Å². The van der Waals surface area contributed by atoms with Gasteiger partial charge in [-0.05, 0) is 29.8 Å². The molecule has 0 radical (unpaired) electrons. The van der Waals surface area contributed by atoms with Crippen LogP contribution in [0.2, 0.25) is 0 Å². The summed E-state index contributed by atoms with van der Waals surface area (Å²) >= 11 is 1.52. The van der Waals surface area contributed by atoms with Gasteiger partial charge in [0, 0.05) is 57.5 Å².